The number of furan rings is 1. The van der Waals surface area contributed by atoms with Crippen molar-refractivity contribution >= 4 is 11.3 Å². The fraction of sp³-hybridized carbons (Fsp3) is 0.364. The van der Waals surface area contributed by atoms with Crippen LogP contribution in [0.15, 0.2) is 22.9 Å². The van der Waals surface area contributed by atoms with Crippen LogP contribution in [0.2, 0.25) is 0 Å². The zero-order valence-corrected chi connectivity index (χ0v) is 9.76. The number of hydrogen-bond donors (Lipinski definition) is 1. The second-order valence-electron chi connectivity index (χ2n) is 3.75. The fourth-order valence-corrected chi connectivity index (χ4v) is 2.39. The van der Waals surface area contributed by atoms with Gasteiger partial charge in [-0.2, -0.15) is 0 Å². The largest absolute Gasteiger partial charge is 0.466 e. The summed E-state index contributed by atoms with van der Waals surface area (Å²) >= 11 is 1.48. The Morgan fingerprint density at radius 1 is 1.47 bits per heavy atom. The minimum Gasteiger partial charge on any atom is -0.466 e. The average Bonchev–Trinajstić information content (AvgIpc) is 2.74. The highest BCUT2D eigenvalue weighted by atomic mass is 32.1. The van der Waals surface area contributed by atoms with Crippen LogP contribution < -0.4 is 0 Å². The van der Waals surface area contributed by atoms with Crippen molar-refractivity contribution in [1.82, 2.24) is 4.98 Å². The van der Waals surface area contributed by atoms with Gasteiger partial charge in [0.1, 0.15) is 5.76 Å². The summed E-state index contributed by atoms with van der Waals surface area (Å²) in [6, 6.07) is 1.84. The predicted octanol–water partition coefficient (Wildman–Crippen LogP) is 2.61. The highest BCUT2D eigenvalue weighted by Gasteiger charge is 2.32. The van der Waals surface area contributed by atoms with Gasteiger partial charge in [0, 0.05) is 6.20 Å². The minimum atomic E-state index is -1.08. The molecule has 0 aliphatic rings. The molecule has 80 valence electrons. The third kappa shape index (κ3) is 1.70. The van der Waals surface area contributed by atoms with E-state index in [0.717, 1.165) is 15.4 Å². The number of hydrogen-bond acceptors (Lipinski definition) is 4. The number of aromatic nitrogens is 1. The first-order valence-corrected chi connectivity index (χ1v) is 5.53. The molecular weight excluding hydrogens is 210 g/mol. The lowest BCUT2D eigenvalue weighted by molar-refractivity contribution is 0.0794. The molecule has 0 aromatic carbocycles. The topological polar surface area (TPSA) is 46.3 Å². The molecule has 0 bridgehead atoms. The Hall–Kier alpha value is -1.13. The average molecular weight is 223 g/mol. The Balaban J connectivity index is 2.47. The van der Waals surface area contributed by atoms with Gasteiger partial charge in [-0.3, -0.25) is 0 Å². The molecule has 1 N–H and O–H groups in total. The van der Waals surface area contributed by atoms with Crippen molar-refractivity contribution in [3.8, 4) is 0 Å². The van der Waals surface area contributed by atoms with Crippen molar-refractivity contribution < 1.29 is 9.52 Å². The van der Waals surface area contributed by atoms with Crippen LogP contribution in [0.1, 0.15) is 28.1 Å². The van der Waals surface area contributed by atoms with Gasteiger partial charge >= 0.3 is 0 Å². The van der Waals surface area contributed by atoms with E-state index in [0.29, 0.717) is 5.76 Å². The van der Waals surface area contributed by atoms with Crippen molar-refractivity contribution in [3.05, 3.63) is 39.7 Å². The molecule has 2 heterocycles. The maximum Gasteiger partial charge on any atom is 0.155 e. The van der Waals surface area contributed by atoms with Crippen molar-refractivity contribution in [2.24, 2.45) is 0 Å². The lowest BCUT2D eigenvalue weighted by atomic mass is 9.99. The molecule has 4 heteroatoms. The van der Waals surface area contributed by atoms with E-state index in [1.54, 1.807) is 19.4 Å². The first kappa shape index (κ1) is 10.4. The Bertz CT molecular complexity index is 470. The summed E-state index contributed by atoms with van der Waals surface area (Å²) < 4.78 is 5.32. The van der Waals surface area contributed by atoms with E-state index < -0.39 is 5.60 Å². The Labute approximate surface area is 92.4 Å². The molecule has 0 spiro atoms. The first-order valence-electron chi connectivity index (χ1n) is 4.71. The zero-order chi connectivity index (χ0) is 11.1. The molecule has 2 rings (SSSR count). The van der Waals surface area contributed by atoms with Gasteiger partial charge in [-0.1, -0.05) is 0 Å². The van der Waals surface area contributed by atoms with E-state index in [4.69, 9.17) is 4.42 Å². The van der Waals surface area contributed by atoms with Crippen LogP contribution in [0.5, 0.6) is 0 Å². The molecule has 0 aliphatic heterocycles. The van der Waals surface area contributed by atoms with Crippen LogP contribution in [0.25, 0.3) is 0 Å². The van der Waals surface area contributed by atoms with Crippen LogP contribution in [-0.2, 0) is 5.60 Å². The van der Waals surface area contributed by atoms with E-state index in [1.165, 1.54) is 11.3 Å². The van der Waals surface area contributed by atoms with Crippen molar-refractivity contribution in [1.29, 1.82) is 0 Å². The number of thiazole rings is 1. The molecule has 3 nitrogen and oxygen atoms in total. The Morgan fingerprint density at radius 3 is 2.67 bits per heavy atom. The maximum atomic E-state index is 10.4. The predicted molar refractivity (Wildman–Crippen MR) is 59.0 cm³/mol. The van der Waals surface area contributed by atoms with Gasteiger partial charge in [0.2, 0.25) is 0 Å². The van der Waals surface area contributed by atoms with Crippen LogP contribution in [0.4, 0.5) is 0 Å². The molecule has 0 fully saturated rings. The highest BCUT2D eigenvalue weighted by molar-refractivity contribution is 7.11. The van der Waals surface area contributed by atoms with Gasteiger partial charge < -0.3 is 9.52 Å². The van der Waals surface area contributed by atoms with E-state index in [-0.39, 0.29) is 0 Å². The lowest BCUT2D eigenvalue weighted by Crippen LogP contribution is -2.21. The molecule has 15 heavy (non-hydrogen) atoms. The van der Waals surface area contributed by atoms with E-state index >= 15 is 0 Å². The summed E-state index contributed by atoms with van der Waals surface area (Å²) in [5.41, 5.74) is -0.134. The Kier molecular flexibility index (Phi) is 2.40. The molecule has 1 atom stereocenters. The molecule has 2 aromatic rings. The summed E-state index contributed by atoms with van der Waals surface area (Å²) in [6.07, 6.45) is 3.29. The number of aliphatic hydroxyl groups is 1. The lowest BCUT2D eigenvalue weighted by Gasteiger charge is -2.19. The summed E-state index contributed by atoms with van der Waals surface area (Å²) in [7, 11) is 0. The quantitative estimate of drug-likeness (QED) is 0.851. The van der Waals surface area contributed by atoms with Gasteiger partial charge in [-0.25, -0.2) is 4.98 Å². The summed E-state index contributed by atoms with van der Waals surface area (Å²) in [4.78, 5) is 4.94. The number of rotatable bonds is 2. The van der Waals surface area contributed by atoms with E-state index in [2.05, 4.69) is 4.98 Å². The zero-order valence-electron chi connectivity index (χ0n) is 8.94. The smallest absolute Gasteiger partial charge is 0.155 e. The van der Waals surface area contributed by atoms with Crippen LogP contribution in [0, 0.1) is 13.8 Å². The Morgan fingerprint density at radius 2 is 2.20 bits per heavy atom. The van der Waals surface area contributed by atoms with Crippen LogP contribution in [0.3, 0.4) is 0 Å². The van der Waals surface area contributed by atoms with Crippen LogP contribution in [-0.4, -0.2) is 10.1 Å². The van der Waals surface area contributed by atoms with E-state index in [9.17, 15) is 5.11 Å². The van der Waals surface area contributed by atoms with Gasteiger partial charge in [0.05, 0.1) is 16.1 Å². The monoisotopic (exact) mass is 223 g/mol. The SMILES string of the molecule is Cc1ncc([C@@](C)(O)c2occc2C)s1. The van der Waals surface area contributed by atoms with Gasteiger partial charge in [0.15, 0.2) is 5.60 Å². The fourth-order valence-electron chi connectivity index (χ4n) is 1.57. The molecule has 0 amide bonds. The first-order chi connectivity index (χ1) is 7.01. The molecule has 0 saturated carbocycles. The van der Waals surface area contributed by atoms with Crippen molar-refractivity contribution in [2.45, 2.75) is 26.4 Å². The number of nitrogens with zero attached hydrogens (tertiary/aromatic N) is 1. The molecule has 0 aliphatic carbocycles. The third-order valence-corrected chi connectivity index (χ3v) is 3.53. The number of aryl methyl sites for hydroxylation is 2. The summed E-state index contributed by atoms with van der Waals surface area (Å²) in [6.45, 7) is 5.56. The van der Waals surface area contributed by atoms with Crippen LogP contribution >= 0.6 is 11.3 Å². The van der Waals surface area contributed by atoms with E-state index in [1.807, 2.05) is 19.9 Å². The highest BCUT2D eigenvalue weighted by Crippen LogP contribution is 2.34. The van der Waals surface area contributed by atoms with Crippen molar-refractivity contribution in [3.63, 3.8) is 0 Å². The minimum absolute atomic E-state index is 0.589. The second-order valence-corrected chi connectivity index (χ2v) is 4.98. The third-order valence-electron chi connectivity index (χ3n) is 2.41. The molecule has 0 radical (unpaired) electrons. The molecule has 0 unspecified atom stereocenters. The molecule has 0 saturated heterocycles. The molecule has 2 aromatic heterocycles. The van der Waals surface area contributed by atoms with Gasteiger partial charge in [-0.15, -0.1) is 11.3 Å². The molecular formula is C11H13NO2S. The van der Waals surface area contributed by atoms with Gasteiger partial charge in [0.25, 0.3) is 0 Å². The summed E-state index contributed by atoms with van der Waals surface area (Å²) in [5, 5.41) is 11.4. The van der Waals surface area contributed by atoms with Crippen molar-refractivity contribution in [2.75, 3.05) is 0 Å². The summed E-state index contributed by atoms with van der Waals surface area (Å²) in [5.74, 6) is 0.589. The van der Waals surface area contributed by atoms with Gasteiger partial charge in [-0.05, 0) is 32.4 Å². The standard InChI is InChI=1S/C11H13NO2S/c1-7-4-5-14-10(7)11(3,13)9-6-12-8(2)15-9/h4-6,13H,1-3H3/t11-/m1/s1. The second kappa shape index (κ2) is 3.47. The maximum absolute atomic E-state index is 10.4. The normalized spacial score (nSPS) is 15.2.